The fourth-order valence-corrected chi connectivity index (χ4v) is 2.70. The Kier molecular flexibility index (Phi) is 3.79. The standard InChI is InChI=1S/C17H18ClN3O/c1-4-11(3)13-7-10(2)8-16(17(13)22)21-19-14-6-5-12(18)9-15(14)20-21/h5-9,11,22H,4H2,1-3H3. The monoisotopic (exact) mass is 315 g/mol. The molecular formula is C17H18ClN3O. The Bertz CT molecular complexity index is 841. The molecule has 1 atom stereocenters. The summed E-state index contributed by atoms with van der Waals surface area (Å²) in [5, 5.41) is 20.1. The first-order valence-corrected chi connectivity index (χ1v) is 7.74. The van der Waals surface area contributed by atoms with E-state index in [-0.39, 0.29) is 11.7 Å². The van der Waals surface area contributed by atoms with Gasteiger partial charge in [0.2, 0.25) is 0 Å². The van der Waals surface area contributed by atoms with Gasteiger partial charge < -0.3 is 5.11 Å². The van der Waals surface area contributed by atoms with E-state index in [4.69, 9.17) is 11.6 Å². The van der Waals surface area contributed by atoms with Crippen LogP contribution in [0.15, 0.2) is 30.3 Å². The van der Waals surface area contributed by atoms with E-state index in [2.05, 4.69) is 24.0 Å². The Morgan fingerprint density at radius 1 is 1.18 bits per heavy atom. The van der Waals surface area contributed by atoms with Gasteiger partial charge in [0.1, 0.15) is 22.5 Å². The summed E-state index contributed by atoms with van der Waals surface area (Å²) in [6, 6.07) is 9.28. The molecule has 4 nitrogen and oxygen atoms in total. The van der Waals surface area contributed by atoms with Crippen molar-refractivity contribution in [2.75, 3.05) is 0 Å². The van der Waals surface area contributed by atoms with Crippen LogP contribution in [0.2, 0.25) is 5.02 Å². The molecule has 0 saturated carbocycles. The van der Waals surface area contributed by atoms with Gasteiger partial charge in [-0.2, -0.15) is 0 Å². The number of aromatic nitrogens is 3. The first-order chi connectivity index (χ1) is 10.5. The van der Waals surface area contributed by atoms with Gasteiger partial charge in [0.15, 0.2) is 0 Å². The number of aryl methyl sites for hydroxylation is 1. The summed E-state index contributed by atoms with van der Waals surface area (Å²) in [7, 11) is 0. The Labute approximate surface area is 134 Å². The molecule has 0 spiro atoms. The van der Waals surface area contributed by atoms with E-state index < -0.39 is 0 Å². The van der Waals surface area contributed by atoms with Crippen molar-refractivity contribution in [2.45, 2.75) is 33.1 Å². The number of rotatable bonds is 3. The van der Waals surface area contributed by atoms with Crippen molar-refractivity contribution in [1.82, 2.24) is 15.0 Å². The van der Waals surface area contributed by atoms with Crippen LogP contribution >= 0.6 is 11.6 Å². The van der Waals surface area contributed by atoms with Crippen LogP contribution in [0.1, 0.15) is 37.3 Å². The maximum Gasteiger partial charge on any atom is 0.146 e. The summed E-state index contributed by atoms with van der Waals surface area (Å²) in [5.74, 6) is 0.518. The SMILES string of the molecule is CCC(C)c1cc(C)cc(-n2nc3ccc(Cl)cc3n2)c1O. The molecule has 0 aliphatic rings. The van der Waals surface area contributed by atoms with Crippen molar-refractivity contribution in [2.24, 2.45) is 0 Å². The largest absolute Gasteiger partial charge is 0.505 e. The van der Waals surface area contributed by atoms with E-state index in [1.165, 1.54) is 4.80 Å². The molecule has 1 aromatic heterocycles. The second-order valence-electron chi connectivity index (χ2n) is 5.65. The highest BCUT2D eigenvalue weighted by molar-refractivity contribution is 6.31. The van der Waals surface area contributed by atoms with E-state index in [1.807, 2.05) is 25.1 Å². The third-order valence-electron chi connectivity index (χ3n) is 3.96. The minimum Gasteiger partial charge on any atom is -0.505 e. The Morgan fingerprint density at radius 2 is 1.91 bits per heavy atom. The van der Waals surface area contributed by atoms with Crippen LogP contribution in [0, 0.1) is 6.92 Å². The number of hydrogen-bond donors (Lipinski definition) is 1. The lowest BCUT2D eigenvalue weighted by molar-refractivity contribution is 0.454. The number of benzene rings is 2. The van der Waals surface area contributed by atoms with Gasteiger partial charge in [-0.3, -0.25) is 0 Å². The van der Waals surface area contributed by atoms with Crippen LogP contribution in [0.3, 0.4) is 0 Å². The molecule has 0 aliphatic heterocycles. The molecular weight excluding hydrogens is 298 g/mol. The molecule has 0 radical (unpaired) electrons. The molecule has 1 heterocycles. The summed E-state index contributed by atoms with van der Waals surface area (Å²) in [5.41, 5.74) is 4.05. The van der Waals surface area contributed by atoms with Gasteiger partial charge in [-0.05, 0) is 54.7 Å². The topological polar surface area (TPSA) is 50.9 Å². The number of phenolic OH excluding ortho intramolecular Hbond substituents is 1. The van der Waals surface area contributed by atoms with Crippen molar-refractivity contribution in [1.29, 1.82) is 0 Å². The second kappa shape index (κ2) is 5.61. The summed E-state index contributed by atoms with van der Waals surface area (Å²) in [4.78, 5) is 1.48. The van der Waals surface area contributed by atoms with Crippen molar-refractivity contribution in [3.63, 3.8) is 0 Å². The predicted molar refractivity (Wildman–Crippen MR) is 89.0 cm³/mol. The fraction of sp³-hybridized carbons (Fsp3) is 0.294. The molecule has 22 heavy (non-hydrogen) atoms. The molecule has 0 fully saturated rings. The van der Waals surface area contributed by atoms with Gasteiger partial charge in [0.25, 0.3) is 0 Å². The summed E-state index contributed by atoms with van der Waals surface area (Å²) < 4.78 is 0. The summed E-state index contributed by atoms with van der Waals surface area (Å²) >= 11 is 5.99. The van der Waals surface area contributed by atoms with Crippen LogP contribution in [-0.2, 0) is 0 Å². The zero-order valence-electron chi connectivity index (χ0n) is 12.8. The molecule has 0 bridgehead atoms. The molecule has 1 unspecified atom stereocenters. The molecule has 0 aliphatic carbocycles. The molecule has 1 N–H and O–H groups in total. The minimum absolute atomic E-state index is 0.242. The zero-order chi connectivity index (χ0) is 15.9. The third-order valence-corrected chi connectivity index (χ3v) is 4.20. The van der Waals surface area contributed by atoms with Crippen LogP contribution in [0.5, 0.6) is 5.75 Å². The van der Waals surface area contributed by atoms with Gasteiger partial charge in [0.05, 0.1) is 0 Å². The molecule has 3 aromatic rings. The average molecular weight is 316 g/mol. The van der Waals surface area contributed by atoms with Crippen molar-refractivity contribution < 1.29 is 5.11 Å². The fourth-order valence-electron chi connectivity index (χ4n) is 2.53. The van der Waals surface area contributed by atoms with Gasteiger partial charge in [-0.15, -0.1) is 15.0 Å². The van der Waals surface area contributed by atoms with Gasteiger partial charge >= 0.3 is 0 Å². The lowest BCUT2D eigenvalue weighted by atomic mass is 9.95. The first-order valence-electron chi connectivity index (χ1n) is 7.36. The molecule has 3 rings (SSSR count). The van der Waals surface area contributed by atoms with Gasteiger partial charge in [-0.25, -0.2) is 0 Å². The number of hydrogen-bond acceptors (Lipinski definition) is 3. The highest BCUT2D eigenvalue weighted by Gasteiger charge is 2.16. The zero-order valence-corrected chi connectivity index (χ0v) is 13.6. The normalized spacial score (nSPS) is 12.7. The van der Waals surface area contributed by atoms with Crippen molar-refractivity contribution in [3.05, 3.63) is 46.5 Å². The van der Waals surface area contributed by atoms with E-state index in [1.54, 1.807) is 12.1 Å². The lowest BCUT2D eigenvalue weighted by Gasteiger charge is -2.15. The molecule has 0 amide bonds. The Balaban J connectivity index is 2.19. The van der Waals surface area contributed by atoms with Crippen LogP contribution < -0.4 is 0 Å². The van der Waals surface area contributed by atoms with Crippen molar-refractivity contribution in [3.8, 4) is 11.4 Å². The van der Waals surface area contributed by atoms with Gasteiger partial charge in [-0.1, -0.05) is 31.5 Å². The van der Waals surface area contributed by atoms with E-state index >= 15 is 0 Å². The number of aromatic hydroxyl groups is 1. The second-order valence-corrected chi connectivity index (χ2v) is 6.09. The molecule has 5 heteroatoms. The number of fused-ring (bicyclic) bond motifs is 1. The van der Waals surface area contributed by atoms with Crippen LogP contribution in [0.4, 0.5) is 0 Å². The molecule has 0 saturated heterocycles. The van der Waals surface area contributed by atoms with Gasteiger partial charge in [0, 0.05) is 5.02 Å². The van der Waals surface area contributed by atoms with Crippen LogP contribution in [-0.4, -0.2) is 20.1 Å². The number of phenols is 1. The van der Waals surface area contributed by atoms with Crippen molar-refractivity contribution >= 4 is 22.6 Å². The Hall–Kier alpha value is -2.07. The molecule has 2 aromatic carbocycles. The average Bonchev–Trinajstić information content (AvgIpc) is 2.91. The van der Waals surface area contributed by atoms with E-state index in [0.29, 0.717) is 16.2 Å². The van der Waals surface area contributed by atoms with E-state index in [0.717, 1.165) is 23.1 Å². The summed E-state index contributed by atoms with van der Waals surface area (Å²) in [6.07, 6.45) is 0.959. The molecule has 114 valence electrons. The van der Waals surface area contributed by atoms with E-state index in [9.17, 15) is 5.11 Å². The third kappa shape index (κ3) is 2.55. The summed E-state index contributed by atoms with van der Waals surface area (Å²) in [6.45, 7) is 6.22. The first kappa shape index (κ1) is 14.9. The maximum absolute atomic E-state index is 10.6. The number of halogens is 1. The lowest BCUT2D eigenvalue weighted by Crippen LogP contribution is -2.03. The highest BCUT2D eigenvalue weighted by Crippen LogP contribution is 2.34. The number of nitrogens with zero attached hydrogens (tertiary/aromatic N) is 3. The quantitative estimate of drug-likeness (QED) is 0.768. The predicted octanol–water partition coefficient (Wildman–Crippen LogP) is 4.60. The highest BCUT2D eigenvalue weighted by atomic mass is 35.5. The minimum atomic E-state index is 0.242. The maximum atomic E-state index is 10.6. The van der Waals surface area contributed by atoms with Crippen LogP contribution in [0.25, 0.3) is 16.7 Å². The smallest absolute Gasteiger partial charge is 0.146 e. The Morgan fingerprint density at radius 3 is 2.64 bits per heavy atom.